The Morgan fingerprint density at radius 3 is 2.19 bits per heavy atom. The van der Waals surface area contributed by atoms with Gasteiger partial charge in [-0.2, -0.15) is 0 Å². The van der Waals surface area contributed by atoms with Crippen LogP contribution in [0.1, 0.15) is 15.9 Å². The van der Waals surface area contributed by atoms with Crippen LogP contribution in [0.25, 0.3) is 0 Å². The van der Waals surface area contributed by atoms with E-state index in [1.807, 2.05) is 24.3 Å². The molecule has 0 spiro atoms. The molecule has 1 aliphatic heterocycles. The number of hydrogen-bond acceptors (Lipinski definition) is 5. The number of benzene rings is 2. The minimum absolute atomic E-state index is 0.248. The van der Waals surface area contributed by atoms with Crippen LogP contribution in [0.3, 0.4) is 0 Å². The third kappa shape index (κ3) is 6.06. The molecule has 2 aromatic rings. The van der Waals surface area contributed by atoms with E-state index in [4.69, 9.17) is 4.74 Å². The molecule has 0 aliphatic carbocycles. The minimum Gasteiger partial charge on any atom is -0.379 e. The predicted molar refractivity (Wildman–Crippen MR) is 105 cm³/mol. The maximum Gasteiger partial charge on any atom is 0.255 e. The Labute approximate surface area is 159 Å². The highest BCUT2D eigenvalue weighted by Gasteiger charge is 2.11. The second-order valence-electron chi connectivity index (χ2n) is 6.49. The Hall–Kier alpha value is -2.42. The van der Waals surface area contributed by atoms with Gasteiger partial charge in [0.25, 0.3) is 5.91 Å². The fourth-order valence-electron chi connectivity index (χ4n) is 2.82. The van der Waals surface area contributed by atoms with Crippen molar-refractivity contribution >= 4 is 27.3 Å². The van der Waals surface area contributed by atoms with Crippen molar-refractivity contribution in [1.82, 2.24) is 4.90 Å². The number of carbonyl (C=O) groups excluding carboxylic acids is 1. The number of rotatable bonds is 6. The highest BCUT2D eigenvalue weighted by atomic mass is 32.2. The Bertz CT molecular complexity index is 874. The summed E-state index contributed by atoms with van der Waals surface area (Å²) in [6.45, 7) is 4.27. The first-order valence-electron chi connectivity index (χ1n) is 8.67. The number of morpholine rings is 1. The standard InChI is InChI=1S/C19H23N3O4S/c1-27(24,25)21-18-8-4-16(5-9-18)19(23)20-17-6-2-15(3-7-17)14-22-10-12-26-13-11-22/h2-9,21H,10-14H2,1H3,(H,20,23). The Balaban J connectivity index is 1.57. The molecule has 27 heavy (non-hydrogen) atoms. The lowest BCUT2D eigenvalue weighted by Gasteiger charge is -2.26. The molecule has 0 aromatic heterocycles. The molecule has 7 nitrogen and oxygen atoms in total. The predicted octanol–water partition coefficient (Wildman–Crippen LogP) is 2.14. The smallest absolute Gasteiger partial charge is 0.255 e. The minimum atomic E-state index is -3.33. The van der Waals surface area contributed by atoms with Gasteiger partial charge in [-0.05, 0) is 42.0 Å². The van der Waals surface area contributed by atoms with Gasteiger partial charge in [0.05, 0.1) is 19.5 Å². The molecule has 0 atom stereocenters. The first kappa shape index (κ1) is 19.3. The average Bonchev–Trinajstić information content (AvgIpc) is 2.63. The first-order chi connectivity index (χ1) is 12.9. The number of sulfonamides is 1. The van der Waals surface area contributed by atoms with Crippen LogP contribution in [-0.2, 0) is 21.3 Å². The lowest BCUT2D eigenvalue weighted by Crippen LogP contribution is -2.35. The molecule has 3 rings (SSSR count). The topological polar surface area (TPSA) is 87.7 Å². The molecule has 0 saturated carbocycles. The highest BCUT2D eigenvalue weighted by Crippen LogP contribution is 2.15. The molecule has 0 bridgehead atoms. The summed E-state index contributed by atoms with van der Waals surface area (Å²) in [5.74, 6) is -0.248. The quantitative estimate of drug-likeness (QED) is 0.790. The van der Waals surface area contributed by atoms with Crippen molar-refractivity contribution in [1.29, 1.82) is 0 Å². The lowest BCUT2D eigenvalue weighted by atomic mass is 10.1. The van der Waals surface area contributed by atoms with Crippen LogP contribution in [0.15, 0.2) is 48.5 Å². The number of anilines is 2. The second-order valence-corrected chi connectivity index (χ2v) is 8.24. The zero-order valence-electron chi connectivity index (χ0n) is 15.1. The van der Waals surface area contributed by atoms with Gasteiger partial charge in [-0.15, -0.1) is 0 Å². The molecule has 1 fully saturated rings. The third-order valence-electron chi connectivity index (χ3n) is 4.17. The van der Waals surface area contributed by atoms with E-state index in [1.165, 1.54) is 5.56 Å². The van der Waals surface area contributed by atoms with Crippen molar-refractivity contribution in [3.8, 4) is 0 Å². The molecule has 1 amide bonds. The Morgan fingerprint density at radius 1 is 1.00 bits per heavy atom. The molecule has 0 radical (unpaired) electrons. The number of ether oxygens (including phenoxy) is 1. The summed E-state index contributed by atoms with van der Waals surface area (Å²) in [6, 6.07) is 14.0. The summed E-state index contributed by atoms with van der Waals surface area (Å²) in [5.41, 5.74) is 2.77. The van der Waals surface area contributed by atoms with Crippen LogP contribution in [0.4, 0.5) is 11.4 Å². The monoisotopic (exact) mass is 389 g/mol. The molecule has 8 heteroatoms. The van der Waals surface area contributed by atoms with Crippen molar-refractivity contribution < 1.29 is 17.9 Å². The third-order valence-corrected chi connectivity index (χ3v) is 4.78. The summed E-state index contributed by atoms with van der Waals surface area (Å²) < 4.78 is 30.1. The number of hydrogen-bond donors (Lipinski definition) is 2. The molecule has 2 N–H and O–H groups in total. The number of nitrogens with one attached hydrogen (secondary N) is 2. The summed E-state index contributed by atoms with van der Waals surface area (Å²) in [4.78, 5) is 14.7. The Morgan fingerprint density at radius 2 is 1.59 bits per heavy atom. The van der Waals surface area contributed by atoms with Gasteiger partial charge in [0.2, 0.25) is 10.0 Å². The normalized spacial score (nSPS) is 15.3. The van der Waals surface area contributed by atoms with Gasteiger partial charge in [0.1, 0.15) is 0 Å². The first-order valence-corrected chi connectivity index (χ1v) is 10.6. The van der Waals surface area contributed by atoms with E-state index in [0.29, 0.717) is 16.9 Å². The highest BCUT2D eigenvalue weighted by molar-refractivity contribution is 7.92. The van der Waals surface area contributed by atoms with E-state index in [2.05, 4.69) is 14.9 Å². The largest absolute Gasteiger partial charge is 0.379 e. The summed E-state index contributed by atoms with van der Waals surface area (Å²) in [5, 5.41) is 2.85. The van der Waals surface area contributed by atoms with E-state index in [9.17, 15) is 13.2 Å². The summed E-state index contributed by atoms with van der Waals surface area (Å²) in [7, 11) is -3.33. The fraction of sp³-hybridized carbons (Fsp3) is 0.316. The molecule has 1 heterocycles. The van der Waals surface area contributed by atoms with Gasteiger partial charge < -0.3 is 10.1 Å². The number of amides is 1. The van der Waals surface area contributed by atoms with Gasteiger partial charge in [-0.1, -0.05) is 12.1 Å². The van der Waals surface area contributed by atoms with Crippen LogP contribution < -0.4 is 10.0 Å². The second kappa shape index (κ2) is 8.51. The van der Waals surface area contributed by atoms with Crippen LogP contribution >= 0.6 is 0 Å². The maximum atomic E-state index is 12.3. The molecule has 0 unspecified atom stereocenters. The van der Waals surface area contributed by atoms with Gasteiger partial charge in [-0.3, -0.25) is 14.4 Å². The van der Waals surface area contributed by atoms with E-state index < -0.39 is 10.0 Å². The van der Waals surface area contributed by atoms with Crippen molar-refractivity contribution in [2.75, 3.05) is 42.6 Å². The molecule has 2 aromatic carbocycles. The SMILES string of the molecule is CS(=O)(=O)Nc1ccc(C(=O)Nc2ccc(CN3CCOCC3)cc2)cc1. The van der Waals surface area contributed by atoms with Crippen LogP contribution in [-0.4, -0.2) is 51.8 Å². The Kier molecular flexibility index (Phi) is 6.10. The van der Waals surface area contributed by atoms with Crippen LogP contribution in [0.2, 0.25) is 0 Å². The van der Waals surface area contributed by atoms with E-state index >= 15 is 0 Å². The molecule has 1 aliphatic rings. The number of carbonyl (C=O) groups is 1. The van der Waals surface area contributed by atoms with E-state index in [1.54, 1.807) is 24.3 Å². The zero-order valence-corrected chi connectivity index (χ0v) is 16.0. The molecule has 144 valence electrons. The van der Waals surface area contributed by atoms with Crippen LogP contribution in [0, 0.1) is 0 Å². The van der Waals surface area contributed by atoms with Crippen molar-refractivity contribution in [3.05, 3.63) is 59.7 Å². The average molecular weight is 389 g/mol. The summed E-state index contributed by atoms with van der Waals surface area (Å²) in [6.07, 6.45) is 1.08. The van der Waals surface area contributed by atoms with Gasteiger partial charge >= 0.3 is 0 Å². The molecular formula is C19H23N3O4S. The van der Waals surface area contributed by atoms with Crippen molar-refractivity contribution in [2.45, 2.75) is 6.54 Å². The van der Waals surface area contributed by atoms with E-state index in [-0.39, 0.29) is 5.91 Å². The lowest BCUT2D eigenvalue weighted by molar-refractivity contribution is 0.0342. The summed E-state index contributed by atoms with van der Waals surface area (Å²) >= 11 is 0. The van der Waals surface area contributed by atoms with Gasteiger partial charge in [0, 0.05) is 36.6 Å². The fourth-order valence-corrected chi connectivity index (χ4v) is 3.38. The van der Waals surface area contributed by atoms with Gasteiger partial charge in [-0.25, -0.2) is 8.42 Å². The van der Waals surface area contributed by atoms with Crippen molar-refractivity contribution in [3.63, 3.8) is 0 Å². The maximum absolute atomic E-state index is 12.3. The number of nitrogens with zero attached hydrogens (tertiary/aromatic N) is 1. The van der Waals surface area contributed by atoms with Crippen LogP contribution in [0.5, 0.6) is 0 Å². The molecular weight excluding hydrogens is 366 g/mol. The van der Waals surface area contributed by atoms with Gasteiger partial charge in [0.15, 0.2) is 0 Å². The molecule has 1 saturated heterocycles. The van der Waals surface area contributed by atoms with Crippen molar-refractivity contribution in [2.24, 2.45) is 0 Å². The zero-order chi connectivity index (χ0) is 19.3. The van der Waals surface area contributed by atoms with E-state index in [0.717, 1.165) is 39.1 Å².